The number of anilines is 3. The molecule has 0 radical (unpaired) electrons. The number of aryl methyl sites for hydroxylation is 1. The van der Waals surface area contributed by atoms with Crippen molar-refractivity contribution < 1.29 is 9.47 Å². The lowest BCUT2D eigenvalue weighted by Crippen LogP contribution is -2.16. The first kappa shape index (κ1) is 21.1. The normalized spacial score (nSPS) is 10.6. The van der Waals surface area contributed by atoms with Gasteiger partial charge in [0.25, 0.3) is 0 Å². The summed E-state index contributed by atoms with van der Waals surface area (Å²) in [6.07, 6.45) is 0. The maximum absolute atomic E-state index is 5.47. The molecule has 7 heteroatoms. The number of ether oxygens (including phenoxy) is 2. The number of hydrogen-bond acceptors (Lipinski definition) is 7. The molecule has 0 saturated heterocycles. The van der Waals surface area contributed by atoms with Gasteiger partial charge in [-0.1, -0.05) is 60.7 Å². The van der Waals surface area contributed by atoms with E-state index in [-0.39, 0.29) is 6.04 Å². The molecule has 0 bridgehead atoms. The molecule has 7 nitrogen and oxygen atoms in total. The Morgan fingerprint density at radius 2 is 1.34 bits per heavy atom. The molecule has 0 aliphatic carbocycles. The van der Waals surface area contributed by atoms with Crippen LogP contribution in [-0.4, -0.2) is 29.2 Å². The topological polar surface area (TPSA) is 81.2 Å². The summed E-state index contributed by atoms with van der Waals surface area (Å²) < 4.78 is 10.7. The van der Waals surface area contributed by atoms with Crippen molar-refractivity contribution in [2.45, 2.75) is 13.0 Å². The van der Waals surface area contributed by atoms with Gasteiger partial charge in [0.1, 0.15) is 17.3 Å². The van der Waals surface area contributed by atoms with E-state index in [9.17, 15) is 0 Å². The molecular formula is C25H25N5O2. The average Bonchev–Trinajstić information content (AvgIpc) is 2.83. The van der Waals surface area contributed by atoms with Crippen LogP contribution in [0.25, 0.3) is 0 Å². The molecule has 0 atom stereocenters. The molecular weight excluding hydrogens is 402 g/mol. The molecule has 0 aliphatic rings. The van der Waals surface area contributed by atoms with Gasteiger partial charge in [0, 0.05) is 6.07 Å². The third-order valence-corrected chi connectivity index (χ3v) is 4.94. The average molecular weight is 428 g/mol. The smallest absolute Gasteiger partial charge is 0.232 e. The second-order valence-electron chi connectivity index (χ2n) is 7.12. The van der Waals surface area contributed by atoms with E-state index in [1.165, 1.54) is 0 Å². The van der Waals surface area contributed by atoms with Crippen LogP contribution in [0.5, 0.6) is 11.5 Å². The monoisotopic (exact) mass is 427 g/mol. The number of nitrogens with one attached hydrogen (secondary N) is 2. The van der Waals surface area contributed by atoms with E-state index in [1.54, 1.807) is 20.3 Å². The molecule has 0 fully saturated rings. The van der Waals surface area contributed by atoms with Crippen LogP contribution in [0.2, 0.25) is 0 Å². The summed E-state index contributed by atoms with van der Waals surface area (Å²) in [6, 6.07) is 25.8. The highest BCUT2D eigenvalue weighted by molar-refractivity contribution is 5.64. The molecule has 4 aromatic rings. The molecule has 2 N–H and O–H groups in total. The lowest BCUT2D eigenvalue weighted by Gasteiger charge is -2.20. The molecule has 0 aliphatic heterocycles. The van der Waals surface area contributed by atoms with Crippen molar-refractivity contribution in [1.29, 1.82) is 0 Å². The Morgan fingerprint density at radius 3 is 1.94 bits per heavy atom. The van der Waals surface area contributed by atoms with Gasteiger partial charge in [0.2, 0.25) is 11.9 Å². The Balaban J connectivity index is 1.65. The summed E-state index contributed by atoms with van der Waals surface area (Å²) in [5, 5.41) is 6.70. The zero-order valence-electron chi connectivity index (χ0n) is 18.2. The van der Waals surface area contributed by atoms with Crippen LogP contribution in [0.4, 0.5) is 17.6 Å². The van der Waals surface area contributed by atoms with E-state index in [0.717, 1.165) is 16.8 Å². The first-order chi connectivity index (χ1) is 15.7. The van der Waals surface area contributed by atoms with Crippen LogP contribution in [0.1, 0.15) is 23.0 Å². The molecule has 1 heterocycles. The first-order valence-electron chi connectivity index (χ1n) is 10.2. The molecule has 32 heavy (non-hydrogen) atoms. The van der Waals surface area contributed by atoms with Gasteiger partial charge in [-0.3, -0.25) is 0 Å². The van der Waals surface area contributed by atoms with E-state index < -0.39 is 0 Å². The summed E-state index contributed by atoms with van der Waals surface area (Å²) in [4.78, 5) is 13.6. The van der Waals surface area contributed by atoms with Crippen molar-refractivity contribution in [3.8, 4) is 11.5 Å². The first-order valence-corrected chi connectivity index (χ1v) is 10.2. The minimum Gasteiger partial charge on any atom is -0.497 e. The quantitative estimate of drug-likeness (QED) is 0.403. The predicted octanol–water partition coefficient (Wildman–Crippen LogP) is 5.14. The fourth-order valence-corrected chi connectivity index (χ4v) is 3.40. The van der Waals surface area contributed by atoms with Crippen molar-refractivity contribution in [3.05, 3.63) is 95.8 Å². The lowest BCUT2D eigenvalue weighted by atomic mass is 9.99. The van der Waals surface area contributed by atoms with Crippen LogP contribution >= 0.6 is 0 Å². The highest BCUT2D eigenvalue weighted by Gasteiger charge is 2.16. The molecule has 1 aromatic heterocycles. The summed E-state index contributed by atoms with van der Waals surface area (Å²) in [6.45, 7) is 1.84. The van der Waals surface area contributed by atoms with Gasteiger partial charge < -0.3 is 20.1 Å². The number of methoxy groups -OCH3 is 2. The largest absolute Gasteiger partial charge is 0.497 e. The maximum atomic E-state index is 5.47. The van der Waals surface area contributed by atoms with Crippen molar-refractivity contribution in [2.75, 3.05) is 24.9 Å². The molecule has 0 amide bonds. The van der Waals surface area contributed by atoms with Gasteiger partial charge in [0.15, 0.2) is 0 Å². The van der Waals surface area contributed by atoms with E-state index in [2.05, 4.69) is 49.9 Å². The van der Waals surface area contributed by atoms with Crippen molar-refractivity contribution in [1.82, 2.24) is 15.0 Å². The zero-order valence-corrected chi connectivity index (χ0v) is 18.2. The minimum absolute atomic E-state index is 0.109. The fraction of sp³-hybridized carbons (Fsp3) is 0.160. The third kappa shape index (κ3) is 4.95. The van der Waals surface area contributed by atoms with Crippen LogP contribution < -0.4 is 20.1 Å². The Labute approximate surface area is 187 Å². The van der Waals surface area contributed by atoms with Crippen LogP contribution in [0.3, 0.4) is 0 Å². The molecule has 4 rings (SSSR count). The Kier molecular flexibility index (Phi) is 6.46. The Bertz CT molecular complexity index is 1130. The van der Waals surface area contributed by atoms with Gasteiger partial charge in [-0.05, 0) is 30.2 Å². The van der Waals surface area contributed by atoms with Gasteiger partial charge >= 0.3 is 0 Å². The second kappa shape index (κ2) is 9.78. The van der Waals surface area contributed by atoms with E-state index >= 15 is 0 Å². The summed E-state index contributed by atoms with van der Waals surface area (Å²) in [5.74, 6) is 2.82. The van der Waals surface area contributed by atoms with Crippen molar-refractivity contribution >= 4 is 17.6 Å². The molecule has 162 valence electrons. The third-order valence-electron chi connectivity index (χ3n) is 4.94. The van der Waals surface area contributed by atoms with Gasteiger partial charge in [-0.2, -0.15) is 15.0 Å². The number of hydrogen-bond donors (Lipinski definition) is 2. The van der Waals surface area contributed by atoms with E-state index in [1.807, 2.05) is 55.5 Å². The maximum Gasteiger partial charge on any atom is 0.232 e. The zero-order chi connectivity index (χ0) is 22.3. The number of rotatable bonds is 8. The Hall–Kier alpha value is -4.13. The number of aromatic nitrogens is 3. The van der Waals surface area contributed by atoms with E-state index in [4.69, 9.17) is 9.47 Å². The van der Waals surface area contributed by atoms with Crippen LogP contribution in [0.15, 0.2) is 78.9 Å². The van der Waals surface area contributed by atoms with Crippen molar-refractivity contribution in [2.24, 2.45) is 0 Å². The summed E-state index contributed by atoms with van der Waals surface area (Å²) in [5.41, 5.74) is 2.96. The Morgan fingerprint density at radius 1 is 0.719 bits per heavy atom. The highest BCUT2D eigenvalue weighted by Crippen LogP contribution is 2.31. The lowest BCUT2D eigenvalue weighted by molar-refractivity contribution is 0.395. The van der Waals surface area contributed by atoms with Crippen LogP contribution in [0, 0.1) is 6.92 Å². The van der Waals surface area contributed by atoms with E-state index in [0.29, 0.717) is 29.2 Å². The number of benzene rings is 3. The van der Waals surface area contributed by atoms with Crippen molar-refractivity contribution in [3.63, 3.8) is 0 Å². The molecule has 0 spiro atoms. The fourth-order valence-electron chi connectivity index (χ4n) is 3.40. The molecule has 0 unspecified atom stereocenters. The summed E-state index contributed by atoms with van der Waals surface area (Å²) in [7, 11) is 3.22. The highest BCUT2D eigenvalue weighted by atomic mass is 16.5. The second-order valence-corrected chi connectivity index (χ2v) is 7.12. The number of nitrogens with zero attached hydrogens (tertiary/aromatic N) is 3. The SMILES string of the molecule is COc1ccc(Nc2nc(C)nc(NC(c3ccccc3)c3ccccc3)n2)c(OC)c1. The van der Waals surface area contributed by atoms with Gasteiger partial charge in [-0.25, -0.2) is 0 Å². The summed E-state index contributed by atoms with van der Waals surface area (Å²) >= 11 is 0. The molecule has 0 saturated carbocycles. The minimum atomic E-state index is -0.109. The predicted molar refractivity (Wildman–Crippen MR) is 126 cm³/mol. The standard InChI is InChI=1S/C25H25N5O2/c1-17-26-24(28-21-15-14-20(31-2)16-22(21)32-3)30-25(27-17)29-23(18-10-6-4-7-11-18)19-12-8-5-9-13-19/h4-16,23H,1-3H3,(H2,26,27,28,29,30). The molecule has 3 aromatic carbocycles. The van der Waals surface area contributed by atoms with Crippen LogP contribution in [-0.2, 0) is 0 Å². The van der Waals surface area contributed by atoms with Gasteiger partial charge in [0.05, 0.1) is 25.9 Å². The van der Waals surface area contributed by atoms with Gasteiger partial charge in [-0.15, -0.1) is 0 Å².